The van der Waals surface area contributed by atoms with Gasteiger partial charge in [-0.05, 0) is 59.8 Å². The van der Waals surface area contributed by atoms with Crippen LogP contribution in [0, 0.1) is 0 Å². The number of ether oxygens (including phenoxy) is 2. The van der Waals surface area contributed by atoms with Crippen molar-refractivity contribution >= 4 is 52.2 Å². The van der Waals surface area contributed by atoms with Crippen LogP contribution in [0.25, 0.3) is 6.08 Å². The highest BCUT2D eigenvalue weighted by atomic mass is 35.5. The zero-order valence-electron chi connectivity index (χ0n) is 14.6. The maximum Gasteiger partial charge on any atom is 0.341 e. The Morgan fingerprint density at radius 3 is 2.68 bits per heavy atom. The number of carboxylic acids is 1. The molecule has 144 valence electrons. The zero-order valence-corrected chi connectivity index (χ0v) is 16.2. The summed E-state index contributed by atoms with van der Waals surface area (Å²) >= 11 is 7.32. The fourth-order valence-corrected chi connectivity index (χ4v) is 3.35. The number of benzene rings is 2. The minimum absolute atomic E-state index is 0.256. The van der Waals surface area contributed by atoms with Crippen LogP contribution in [0.2, 0.25) is 5.02 Å². The van der Waals surface area contributed by atoms with Crippen molar-refractivity contribution in [1.82, 2.24) is 5.32 Å². The number of rotatable bonds is 6. The lowest BCUT2D eigenvalue weighted by atomic mass is 10.2. The van der Waals surface area contributed by atoms with Gasteiger partial charge < -0.3 is 19.9 Å². The minimum atomic E-state index is -1.09. The van der Waals surface area contributed by atoms with E-state index in [2.05, 4.69) is 10.3 Å². The second kappa shape index (κ2) is 8.81. The molecule has 0 radical (unpaired) electrons. The molecule has 1 aliphatic rings. The first-order chi connectivity index (χ1) is 13.4. The van der Waals surface area contributed by atoms with Gasteiger partial charge in [0.1, 0.15) is 11.5 Å². The molecule has 1 amide bonds. The van der Waals surface area contributed by atoms with Crippen LogP contribution < -0.4 is 14.8 Å². The molecule has 1 saturated heterocycles. The van der Waals surface area contributed by atoms with E-state index in [-0.39, 0.29) is 16.7 Å². The van der Waals surface area contributed by atoms with Gasteiger partial charge in [-0.25, -0.2) is 9.79 Å². The summed E-state index contributed by atoms with van der Waals surface area (Å²) in [6.45, 7) is -0.483. The SMILES string of the molecule is COc1ccc(N=C2NC(=O)/C(=C/c3ccc(OCC(=O)O)c(Cl)c3)S2)cc1. The molecular formula is C19H15ClN2O5S. The number of methoxy groups -OCH3 is 1. The zero-order chi connectivity index (χ0) is 20.1. The molecular weight excluding hydrogens is 404 g/mol. The largest absolute Gasteiger partial charge is 0.497 e. The van der Waals surface area contributed by atoms with Gasteiger partial charge in [0.2, 0.25) is 0 Å². The number of thioether (sulfide) groups is 1. The van der Waals surface area contributed by atoms with Gasteiger partial charge in [0.05, 0.1) is 22.7 Å². The molecule has 2 aromatic carbocycles. The molecule has 7 nitrogen and oxygen atoms in total. The normalized spacial score (nSPS) is 16.3. The summed E-state index contributed by atoms with van der Waals surface area (Å²) < 4.78 is 10.2. The number of carbonyl (C=O) groups excluding carboxylic acids is 1. The summed E-state index contributed by atoms with van der Waals surface area (Å²) in [7, 11) is 1.59. The second-order valence-corrected chi connectivity index (χ2v) is 6.99. The van der Waals surface area contributed by atoms with Gasteiger partial charge in [-0.2, -0.15) is 0 Å². The first kappa shape index (κ1) is 19.8. The Hall–Kier alpha value is -2.97. The van der Waals surface area contributed by atoms with Crippen molar-refractivity contribution in [2.24, 2.45) is 4.99 Å². The molecule has 9 heteroatoms. The first-order valence-corrected chi connectivity index (χ1v) is 9.22. The topological polar surface area (TPSA) is 97.2 Å². The summed E-state index contributed by atoms with van der Waals surface area (Å²) in [6, 6.07) is 12.0. The number of carbonyl (C=O) groups is 2. The average molecular weight is 419 g/mol. The minimum Gasteiger partial charge on any atom is -0.497 e. The lowest BCUT2D eigenvalue weighted by molar-refractivity contribution is -0.139. The van der Waals surface area contributed by atoms with E-state index in [1.54, 1.807) is 55.7 Å². The van der Waals surface area contributed by atoms with Crippen molar-refractivity contribution in [3.05, 3.63) is 58.0 Å². The Morgan fingerprint density at radius 1 is 1.29 bits per heavy atom. The summed E-state index contributed by atoms with van der Waals surface area (Å²) in [5, 5.41) is 12.1. The lowest BCUT2D eigenvalue weighted by Crippen LogP contribution is -2.19. The number of amides is 1. The molecule has 2 aromatic rings. The lowest BCUT2D eigenvalue weighted by Gasteiger charge is -2.06. The summed E-state index contributed by atoms with van der Waals surface area (Å²) in [5.41, 5.74) is 1.36. The van der Waals surface area contributed by atoms with Crippen molar-refractivity contribution in [2.45, 2.75) is 0 Å². The fraction of sp³-hybridized carbons (Fsp3) is 0.105. The van der Waals surface area contributed by atoms with E-state index in [1.807, 2.05) is 0 Å². The third-order valence-electron chi connectivity index (χ3n) is 3.56. The number of aliphatic imine (C=N–C) groups is 1. The van der Waals surface area contributed by atoms with Crippen LogP contribution in [-0.4, -0.2) is 35.9 Å². The van der Waals surface area contributed by atoms with Crippen molar-refractivity contribution in [1.29, 1.82) is 0 Å². The van der Waals surface area contributed by atoms with Gasteiger partial charge in [-0.15, -0.1) is 0 Å². The predicted octanol–water partition coefficient (Wildman–Crippen LogP) is 3.70. The number of halogens is 1. The van der Waals surface area contributed by atoms with Crippen molar-refractivity contribution < 1.29 is 24.2 Å². The van der Waals surface area contributed by atoms with Gasteiger partial charge in [0, 0.05) is 0 Å². The predicted molar refractivity (Wildman–Crippen MR) is 108 cm³/mol. The van der Waals surface area contributed by atoms with Gasteiger partial charge >= 0.3 is 5.97 Å². The van der Waals surface area contributed by atoms with E-state index in [0.29, 0.717) is 21.3 Å². The molecule has 0 bridgehead atoms. The molecule has 0 unspecified atom stereocenters. The highest BCUT2D eigenvalue weighted by Crippen LogP contribution is 2.31. The number of hydrogen-bond acceptors (Lipinski definition) is 6. The third kappa shape index (κ3) is 5.05. The molecule has 0 atom stereocenters. The van der Waals surface area contributed by atoms with Gasteiger partial charge in [-0.1, -0.05) is 17.7 Å². The molecule has 1 heterocycles. The van der Waals surface area contributed by atoms with Crippen molar-refractivity contribution in [3.63, 3.8) is 0 Å². The molecule has 2 N–H and O–H groups in total. The molecule has 0 saturated carbocycles. The number of nitrogens with zero attached hydrogens (tertiary/aromatic N) is 1. The van der Waals surface area contributed by atoms with Crippen molar-refractivity contribution in [2.75, 3.05) is 13.7 Å². The smallest absolute Gasteiger partial charge is 0.341 e. The molecule has 0 aromatic heterocycles. The Labute approximate surface area is 170 Å². The Kier molecular flexibility index (Phi) is 6.23. The molecule has 3 rings (SSSR count). The molecule has 0 aliphatic carbocycles. The molecule has 28 heavy (non-hydrogen) atoms. The van der Waals surface area contributed by atoms with Crippen LogP contribution in [0.1, 0.15) is 5.56 Å². The van der Waals surface area contributed by atoms with Crippen LogP contribution in [0.15, 0.2) is 52.4 Å². The van der Waals surface area contributed by atoms with Crippen LogP contribution in [-0.2, 0) is 9.59 Å². The molecule has 1 fully saturated rings. The maximum atomic E-state index is 12.2. The van der Waals surface area contributed by atoms with Crippen LogP contribution in [0.4, 0.5) is 5.69 Å². The average Bonchev–Trinajstić information content (AvgIpc) is 3.00. The Bertz CT molecular complexity index is 973. The fourth-order valence-electron chi connectivity index (χ4n) is 2.27. The van der Waals surface area contributed by atoms with E-state index < -0.39 is 12.6 Å². The third-order valence-corrected chi connectivity index (χ3v) is 4.76. The number of nitrogens with one attached hydrogen (secondary N) is 1. The highest BCUT2D eigenvalue weighted by Gasteiger charge is 2.24. The number of amidine groups is 1. The van der Waals surface area contributed by atoms with Gasteiger partial charge in [0.25, 0.3) is 5.91 Å². The number of aliphatic carboxylic acids is 1. The standard InChI is InChI=1S/C19H15ClN2O5S/c1-26-13-5-3-12(4-6-13)21-19-22-18(25)16(28-19)9-11-2-7-15(14(20)8-11)27-10-17(23)24/h2-9H,10H2,1H3,(H,23,24)(H,21,22,25)/b16-9-. The first-order valence-electron chi connectivity index (χ1n) is 8.02. The van der Waals surface area contributed by atoms with Crippen molar-refractivity contribution in [3.8, 4) is 11.5 Å². The number of hydrogen-bond donors (Lipinski definition) is 2. The van der Waals surface area contributed by atoms with E-state index in [1.165, 1.54) is 11.8 Å². The van der Waals surface area contributed by atoms with E-state index in [4.69, 9.17) is 26.2 Å². The molecule has 0 spiro atoms. The quantitative estimate of drug-likeness (QED) is 0.694. The Balaban J connectivity index is 1.73. The number of carboxylic acid groups (broad SMARTS) is 1. The van der Waals surface area contributed by atoms with Crippen LogP contribution in [0.3, 0.4) is 0 Å². The summed E-state index contributed by atoms with van der Waals surface area (Å²) in [5.74, 6) is -0.374. The molecule has 1 aliphatic heterocycles. The second-order valence-electron chi connectivity index (χ2n) is 5.55. The van der Waals surface area contributed by atoms with Gasteiger partial charge in [0.15, 0.2) is 11.8 Å². The van der Waals surface area contributed by atoms with Crippen LogP contribution in [0.5, 0.6) is 11.5 Å². The van der Waals surface area contributed by atoms with E-state index in [9.17, 15) is 9.59 Å². The van der Waals surface area contributed by atoms with E-state index in [0.717, 1.165) is 5.75 Å². The monoisotopic (exact) mass is 418 g/mol. The maximum absolute atomic E-state index is 12.2. The van der Waals surface area contributed by atoms with E-state index >= 15 is 0 Å². The summed E-state index contributed by atoms with van der Waals surface area (Å²) in [4.78, 5) is 27.6. The van der Waals surface area contributed by atoms with Gasteiger partial charge in [-0.3, -0.25) is 4.79 Å². The Morgan fingerprint density at radius 2 is 2.04 bits per heavy atom. The highest BCUT2D eigenvalue weighted by molar-refractivity contribution is 8.18. The summed E-state index contributed by atoms with van der Waals surface area (Å²) in [6.07, 6.45) is 1.67. The van der Waals surface area contributed by atoms with Crippen LogP contribution >= 0.6 is 23.4 Å².